The summed E-state index contributed by atoms with van der Waals surface area (Å²) in [4.78, 5) is 29.0. The van der Waals surface area contributed by atoms with E-state index in [1.54, 1.807) is 24.1 Å². The van der Waals surface area contributed by atoms with E-state index in [1.807, 2.05) is 61.5 Å². The fourth-order valence-corrected chi connectivity index (χ4v) is 4.07. The summed E-state index contributed by atoms with van der Waals surface area (Å²) in [7, 11) is 1.57. The number of para-hydroxylation sites is 1. The van der Waals surface area contributed by atoms with E-state index in [2.05, 4.69) is 20.9 Å². The molecule has 0 saturated carbocycles. The maximum atomic E-state index is 12.6. The molecule has 0 bridgehead atoms. The Kier molecular flexibility index (Phi) is 7.62. The van der Waals surface area contributed by atoms with E-state index in [-0.39, 0.29) is 12.1 Å². The molecular weight excluding hydrogens is 466 g/mol. The zero-order valence-corrected chi connectivity index (χ0v) is 20.4. The average Bonchev–Trinajstić information content (AvgIpc) is 2.86. The van der Waals surface area contributed by atoms with Crippen LogP contribution in [0.2, 0.25) is 5.02 Å². The van der Waals surface area contributed by atoms with Crippen molar-refractivity contribution in [2.24, 2.45) is 0 Å². The number of hydrogen-bond acceptors (Lipinski definition) is 4. The highest BCUT2D eigenvalue weighted by atomic mass is 35.5. The number of nitrogens with one attached hydrogen (secondary N) is 3. The molecular formula is C26H28ClN5O3. The first-order chi connectivity index (χ1) is 16.9. The molecule has 1 aliphatic rings. The van der Waals surface area contributed by atoms with Crippen LogP contribution in [0.15, 0.2) is 66.7 Å². The fourth-order valence-electron chi connectivity index (χ4n) is 3.88. The molecule has 0 aromatic heterocycles. The lowest BCUT2D eigenvalue weighted by Gasteiger charge is -2.36. The normalized spacial score (nSPS) is 13.2. The molecule has 8 nitrogen and oxygen atoms in total. The van der Waals surface area contributed by atoms with Gasteiger partial charge in [0.05, 0.1) is 23.5 Å². The van der Waals surface area contributed by atoms with Crippen LogP contribution in [-0.4, -0.2) is 50.3 Å². The number of carbonyl (C=O) groups excluding carboxylic acids is 2. The quantitative estimate of drug-likeness (QED) is 0.428. The third kappa shape index (κ3) is 6.16. The summed E-state index contributed by atoms with van der Waals surface area (Å²) in [5.41, 5.74) is 3.94. The first-order valence-electron chi connectivity index (χ1n) is 11.3. The monoisotopic (exact) mass is 493 g/mol. The highest BCUT2D eigenvalue weighted by molar-refractivity contribution is 6.33. The number of anilines is 4. The lowest BCUT2D eigenvalue weighted by molar-refractivity contribution is 0.208. The van der Waals surface area contributed by atoms with Gasteiger partial charge in [0.25, 0.3) is 0 Å². The molecule has 9 heteroatoms. The van der Waals surface area contributed by atoms with Gasteiger partial charge >= 0.3 is 12.1 Å². The molecule has 1 saturated heterocycles. The van der Waals surface area contributed by atoms with Crippen molar-refractivity contribution in [1.29, 1.82) is 0 Å². The zero-order valence-electron chi connectivity index (χ0n) is 19.7. The number of methoxy groups -OCH3 is 1. The maximum Gasteiger partial charge on any atom is 0.323 e. The first kappa shape index (κ1) is 24.2. The summed E-state index contributed by atoms with van der Waals surface area (Å²) in [5, 5.41) is 9.06. The minimum atomic E-state index is -0.347. The number of rotatable bonds is 5. The van der Waals surface area contributed by atoms with Gasteiger partial charge in [-0.15, -0.1) is 0 Å². The first-order valence-corrected chi connectivity index (χ1v) is 11.7. The molecule has 0 radical (unpaired) electrons. The Bertz CT molecular complexity index is 1190. The molecule has 0 spiro atoms. The fraction of sp³-hybridized carbons (Fsp3) is 0.231. The van der Waals surface area contributed by atoms with Gasteiger partial charge in [0.1, 0.15) is 5.75 Å². The number of hydrogen-bond donors (Lipinski definition) is 3. The number of amides is 4. The second-order valence-corrected chi connectivity index (χ2v) is 8.62. The largest absolute Gasteiger partial charge is 0.495 e. The maximum absolute atomic E-state index is 12.6. The molecule has 0 aliphatic carbocycles. The molecule has 0 atom stereocenters. The molecule has 1 heterocycles. The number of carbonyl (C=O) groups is 2. The van der Waals surface area contributed by atoms with Crippen LogP contribution in [-0.2, 0) is 0 Å². The predicted molar refractivity (Wildman–Crippen MR) is 141 cm³/mol. The number of nitrogens with zero attached hydrogens (tertiary/aromatic N) is 2. The molecule has 4 amide bonds. The molecule has 3 aromatic carbocycles. The molecule has 35 heavy (non-hydrogen) atoms. The summed E-state index contributed by atoms with van der Waals surface area (Å²) in [6.45, 7) is 4.55. The van der Waals surface area contributed by atoms with Crippen LogP contribution in [0.5, 0.6) is 5.75 Å². The van der Waals surface area contributed by atoms with Crippen LogP contribution in [0.4, 0.5) is 32.3 Å². The predicted octanol–water partition coefficient (Wildman–Crippen LogP) is 5.66. The second kappa shape index (κ2) is 11.0. The van der Waals surface area contributed by atoms with E-state index < -0.39 is 0 Å². The minimum Gasteiger partial charge on any atom is -0.495 e. The highest BCUT2D eigenvalue weighted by Crippen LogP contribution is 2.26. The standard InChI is InChI=1S/C26H28ClN5O3/c1-18-7-12-24(35-2)23(17-18)29-25(33)28-19-8-10-20(11-9-19)31-13-15-32(16-14-31)26(34)30-22-6-4-3-5-21(22)27/h3-12,17H,13-16H2,1-2H3,(H,30,34)(H2,28,29,33). The Labute approximate surface area is 209 Å². The third-order valence-electron chi connectivity index (χ3n) is 5.78. The number of piperazine rings is 1. The summed E-state index contributed by atoms with van der Waals surface area (Å²) in [5.74, 6) is 0.598. The van der Waals surface area contributed by atoms with Gasteiger partial charge in [-0.05, 0) is 61.0 Å². The average molecular weight is 494 g/mol. The van der Waals surface area contributed by atoms with E-state index in [1.165, 1.54) is 0 Å². The van der Waals surface area contributed by atoms with Crippen LogP contribution in [0.3, 0.4) is 0 Å². The smallest absolute Gasteiger partial charge is 0.323 e. The number of ether oxygens (including phenoxy) is 1. The van der Waals surface area contributed by atoms with Crippen molar-refractivity contribution in [2.75, 3.05) is 54.1 Å². The van der Waals surface area contributed by atoms with E-state index in [0.717, 1.165) is 11.3 Å². The Balaban J connectivity index is 1.29. The van der Waals surface area contributed by atoms with E-state index in [0.29, 0.717) is 54.0 Å². The molecule has 0 unspecified atom stereocenters. The molecule has 1 aliphatic heterocycles. The summed E-state index contributed by atoms with van der Waals surface area (Å²) in [6.07, 6.45) is 0. The summed E-state index contributed by atoms with van der Waals surface area (Å²) >= 11 is 6.14. The summed E-state index contributed by atoms with van der Waals surface area (Å²) < 4.78 is 5.31. The van der Waals surface area contributed by atoms with Crippen molar-refractivity contribution in [3.63, 3.8) is 0 Å². The van der Waals surface area contributed by atoms with Gasteiger partial charge in [0.15, 0.2) is 0 Å². The van der Waals surface area contributed by atoms with Crippen LogP contribution < -0.4 is 25.6 Å². The van der Waals surface area contributed by atoms with Crippen molar-refractivity contribution in [3.05, 3.63) is 77.3 Å². The van der Waals surface area contributed by atoms with Gasteiger partial charge < -0.3 is 30.5 Å². The lowest BCUT2D eigenvalue weighted by Crippen LogP contribution is -2.50. The van der Waals surface area contributed by atoms with Gasteiger partial charge in [0, 0.05) is 37.6 Å². The third-order valence-corrected chi connectivity index (χ3v) is 6.11. The minimum absolute atomic E-state index is 0.159. The molecule has 4 rings (SSSR count). The molecule has 182 valence electrons. The van der Waals surface area contributed by atoms with Crippen LogP contribution in [0, 0.1) is 6.92 Å². The van der Waals surface area contributed by atoms with Gasteiger partial charge in [0.2, 0.25) is 0 Å². The van der Waals surface area contributed by atoms with Crippen LogP contribution in [0.25, 0.3) is 0 Å². The van der Waals surface area contributed by atoms with Gasteiger partial charge in [-0.25, -0.2) is 9.59 Å². The zero-order chi connectivity index (χ0) is 24.8. The van der Waals surface area contributed by atoms with Gasteiger partial charge in [-0.2, -0.15) is 0 Å². The van der Waals surface area contributed by atoms with Crippen LogP contribution >= 0.6 is 11.6 Å². The molecule has 1 fully saturated rings. The topological polar surface area (TPSA) is 85.9 Å². The van der Waals surface area contributed by atoms with Crippen LogP contribution in [0.1, 0.15) is 5.56 Å². The SMILES string of the molecule is COc1ccc(C)cc1NC(=O)Nc1ccc(N2CCN(C(=O)Nc3ccccc3Cl)CC2)cc1. The van der Waals surface area contributed by atoms with E-state index in [9.17, 15) is 9.59 Å². The lowest BCUT2D eigenvalue weighted by atomic mass is 10.2. The number of benzene rings is 3. The highest BCUT2D eigenvalue weighted by Gasteiger charge is 2.22. The van der Waals surface area contributed by atoms with Crippen molar-refractivity contribution < 1.29 is 14.3 Å². The van der Waals surface area contributed by atoms with Crippen molar-refractivity contribution in [3.8, 4) is 5.75 Å². The van der Waals surface area contributed by atoms with Gasteiger partial charge in [-0.1, -0.05) is 29.8 Å². The molecule has 3 aromatic rings. The van der Waals surface area contributed by atoms with Crippen molar-refractivity contribution in [2.45, 2.75) is 6.92 Å². The van der Waals surface area contributed by atoms with Gasteiger partial charge in [-0.3, -0.25) is 0 Å². The number of halogens is 1. The van der Waals surface area contributed by atoms with Crippen molar-refractivity contribution in [1.82, 2.24) is 4.90 Å². The van der Waals surface area contributed by atoms with Crippen molar-refractivity contribution >= 4 is 46.4 Å². The Morgan fingerprint density at radius 2 is 1.57 bits per heavy atom. The van der Waals surface area contributed by atoms with E-state index in [4.69, 9.17) is 16.3 Å². The Morgan fingerprint density at radius 3 is 2.26 bits per heavy atom. The second-order valence-electron chi connectivity index (χ2n) is 8.21. The number of urea groups is 2. The van der Waals surface area contributed by atoms with E-state index >= 15 is 0 Å². The molecule has 3 N–H and O–H groups in total. The summed E-state index contributed by atoms with van der Waals surface area (Å²) in [6, 6.07) is 19.9. The number of aryl methyl sites for hydroxylation is 1. The Morgan fingerprint density at radius 1 is 0.857 bits per heavy atom. The Hall–Kier alpha value is -3.91.